The number of nitrogens with zero attached hydrogens (tertiary/aromatic N) is 3. The number of para-hydroxylation sites is 1. The highest BCUT2D eigenvalue weighted by Gasteiger charge is 2.23. The topological polar surface area (TPSA) is 58.8 Å². The summed E-state index contributed by atoms with van der Waals surface area (Å²) in [7, 11) is 3.55. The molecule has 2 rings (SSSR count). The van der Waals surface area contributed by atoms with Gasteiger partial charge in [-0.3, -0.25) is 10.1 Å². The van der Waals surface area contributed by atoms with Gasteiger partial charge in [0.15, 0.2) is 0 Å². The molecule has 0 atom stereocenters. The zero-order valence-electron chi connectivity index (χ0n) is 10.6. The van der Waals surface area contributed by atoms with Crippen molar-refractivity contribution < 1.29 is 9.66 Å². The van der Waals surface area contributed by atoms with Crippen LogP contribution in [-0.2, 0) is 0 Å². The normalized spacial score (nSPS) is 16.7. The number of ether oxygens (including phenoxy) is 1. The third-order valence-corrected chi connectivity index (χ3v) is 3.22. The van der Waals surface area contributed by atoms with Crippen molar-refractivity contribution in [2.24, 2.45) is 0 Å². The first kappa shape index (κ1) is 12.6. The molecule has 1 fully saturated rings. The van der Waals surface area contributed by atoms with E-state index in [0.29, 0.717) is 5.75 Å². The smallest absolute Gasteiger partial charge is 0.313 e. The Morgan fingerprint density at radius 1 is 1.28 bits per heavy atom. The highest BCUT2D eigenvalue weighted by atomic mass is 16.6. The minimum absolute atomic E-state index is 0.0222. The van der Waals surface area contributed by atoms with Gasteiger partial charge in [-0.25, -0.2) is 0 Å². The fraction of sp³-hybridized carbons (Fsp3) is 0.500. The number of rotatable bonds is 3. The molecular weight excluding hydrogens is 234 g/mol. The lowest BCUT2D eigenvalue weighted by atomic mass is 10.2. The molecule has 1 heterocycles. The molecule has 0 bridgehead atoms. The Hall–Kier alpha value is -1.82. The minimum Gasteiger partial charge on any atom is -0.489 e. The van der Waals surface area contributed by atoms with Crippen molar-refractivity contribution >= 4 is 11.4 Å². The van der Waals surface area contributed by atoms with E-state index >= 15 is 0 Å². The highest BCUT2D eigenvalue weighted by molar-refractivity contribution is 5.67. The van der Waals surface area contributed by atoms with Gasteiger partial charge in [-0.2, -0.15) is 0 Å². The molecule has 0 aromatic heterocycles. The summed E-state index contributed by atoms with van der Waals surface area (Å²) in [4.78, 5) is 14.9. The van der Waals surface area contributed by atoms with Gasteiger partial charge >= 0.3 is 5.69 Å². The van der Waals surface area contributed by atoms with E-state index in [2.05, 4.69) is 16.8 Å². The molecule has 0 amide bonds. The Balaban J connectivity index is 2.32. The number of benzene rings is 1. The van der Waals surface area contributed by atoms with E-state index in [1.165, 1.54) is 13.2 Å². The fourth-order valence-electron chi connectivity index (χ4n) is 2.16. The van der Waals surface area contributed by atoms with Crippen LogP contribution in [0.25, 0.3) is 0 Å². The summed E-state index contributed by atoms with van der Waals surface area (Å²) in [6.07, 6.45) is 0. The molecule has 0 saturated carbocycles. The van der Waals surface area contributed by atoms with E-state index in [0.717, 1.165) is 31.9 Å². The number of piperazine rings is 1. The summed E-state index contributed by atoms with van der Waals surface area (Å²) < 4.78 is 5.22. The van der Waals surface area contributed by atoms with E-state index in [1.54, 1.807) is 6.07 Å². The maximum atomic E-state index is 11.0. The Labute approximate surface area is 106 Å². The predicted octanol–water partition coefficient (Wildman–Crippen LogP) is 1.36. The Morgan fingerprint density at radius 3 is 2.50 bits per heavy atom. The number of methoxy groups -OCH3 is 1. The fourth-order valence-corrected chi connectivity index (χ4v) is 2.16. The van der Waals surface area contributed by atoms with Crippen LogP contribution in [-0.4, -0.2) is 50.2 Å². The van der Waals surface area contributed by atoms with Gasteiger partial charge in [0.05, 0.1) is 17.7 Å². The monoisotopic (exact) mass is 251 g/mol. The molecule has 1 saturated heterocycles. The van der Waals surface area contributed by atoms with Crippen LogP contribution in [0.5, 0.6) is 5.75 Å². The minimum atomic E-state index is -0.404. The average molecular weight is 251 g/mol. The van der Waals surface area contributed by atoms with Crippen molar-refractivity contribution in [3.63, 3.8) is 0 Å². The van der Waals surface area contributed by atoms with Crippen LogP contribution in [0.3, 0.4) is 0 Å². The number of hydrogen-bond acceptors (Lipinski definition) is 5. The molecule has 0 aliphatic carbocycles. The van der Waals surface area contributed by atoms with Crippen LogP contribution in [0.4, 0.5) is 11.4 Å². The zero-order chi connectivity index (χ0) is 13.1. The highest BCUT2D eigenvalue weighted by Crippen LogP contribution is 2.37. The number of nitro groups is 1. The summed E-state index contributed by atoms with van der Waals surface area (Å²) in [5.41, 5.74) is 0.828. The SMILES string of the molecule is COc1c(N2CCN(C)CC2)cccc1[N+](=O)[O-]. The van der Waals surface area contributed by atoms with Crippen molar-refractivity contribution in [1.82, 2.24) is 4.90 Å². The molecule has 1 aliphatic heterocycles. The number of hydrogen-bond donors (Lipinski definition) is 0. The molecule has 1 aliphatic rings. The second kappa shape index (κ2) is 5.22. The number of anilines is 1. The number of nitro benzene ring substituents is 1. The van der Waals surface area contributed by atoms with E-state index in [-0.39, 0.29) is 5.69 Å². The second-order valence-corrected chi connectivity index (χ2v) is 4.38. The van der Waals surface area contributed by atoms with E-state index in [4.69, 9.17) is 4.74 Å². The van der Waals surface area contributed by atoms with Crippen LogP contribution >= 0.6 is 0 Å². The van der Waals surface area contributed by atoms with Gasteiger partial charge in [-0.1, -0.05) is 6.07 Å². The van der Waals surface area contributed by atoms with Crippen molar-refractivity contribution in [2.75, 3.05) is 45.2 Å². The van der Waals surface area contributed by atoms with Gasteiger partial charge in [0.25, 0.3) is 0 Å². The molecule has 6 heteroatoms. The molecule has 98 valence electrons. The molecule has 0 spiro atoms. The summed E-state index contributed by atoms with van der Waals surface area (Å²) in [6, 6.07) is 5.05. The molecule has 18 heavy (non-hydrogen) atoms. The maximum Gasteiger partial charge on any atom is 0.313 e. The van der Waals surface area contributed by atoms with E-state index < -0.39 is 4.92 Å². The van der Waals surface area contributed by atoms with Gasteiger partial charge < -0.3 is 14.5 Å². The summed E-state index contributed by atoms with van der Waals surface area (Å²) in [5, 5.41) is 11.0. The first-order chi connectivity index (χ1) is 8.63. The summed E-state index contributed by atoms with van der Waals surface area (Å²) >= 11 is 0. The summed E-state index contributed by atoms with van der Waals surface area (Å²) in [6.45, 7) is 3.61. The van der Waals surface area contributed by atoms with Crippen LogP contribution in [0, 0.1) is 10.1 Å². The van der Waals surface area contributed by atoms with Gasteiger partial charge in [-0.15, -0.1) is 0 Å². The third-order valence-electron chi connectivity index (χ3n) is 3.22. The lowest BCUT2D eigenvalue weighted by molar-refractivity contribution is -0.385. The number of likely N-dealkylation sites (N-methyl/N-ethyl adjacent to an activating group) is 1. The molecule has 0 radical (unpaired) electrons. The van der Waals surface area contributed by atoms with Crippen molar-refractivity contribution in [3.05, 3.63) is 28.3 Å². The molecule has 6 nitrogen and oxygen atoms in total. The zero-order valence-corrected chi connectivity index (χ0v) is 10.6. The molecule has 0 N–H and O–H groups in total. The quantitative estimate of drug-likeness (QED) is 0.599. The first-order valence-corrected chi connectivity index (χ1v) is 5.88. The maximum absolute atomic E-state index is 11.0. The molecule has 0 unspecified atom stereocenters. The van der Waals surface area contributed by atoms with Gasteiger partial charge in [0, 0.05) is 32.2 Å². The van der Waals surface area contributed by atoms with Crippen LogP contribution in [0.15, 0.2) is 18.2 Å². The molecule has 1 aromatic carbocycles. The van der Waals surface area contributed by atoms with Crippen LogP contribution < -0.4 is 9.64 Å². The first-order valence-electron chi connectivity index (χ1n) is 5.88. The largest absolute Gasteiger partial charge is 0.489 e. The lowest BCUT2D eigenvalue weighted by Gasteiger charge is -2.34. The van der Waals surface area contributed by atoms with Gasteiger partial charge in [-0.05, 0) is 13.1 Å². The van der Waals surface area contributed by atoms with E-state index in [9.17, 15) is 10.1 Å². The van der Waals surface area contributed by atoms with Gasteiger partial charge in [0.1, 0.15) is 0 Å². The van der Waals surface area contributed by atoms with Crippen LogP contribution in [0.2, 0.25) is 0 Å². The van der Waals surface area contributed by atoms with Crippen molar-refractivity contribution in [3.8, 4) is 5.75 Å². The predicted molar refractivity (Wildman–Crippen MR) is 69.4 cm³/mol. The Bertz CT molecular complexity index is 442. The lowest BCUT2D eigenvalue weighted by Crippen LogP contribution is -2.44. The summed E-state index contributed by atoms with van der Waals surface area (Å²) in [5.74, 6) is 0.354. The van der Waals surface area contributed by atoms with Crippen LogP contribution in [0.1, 0.15) is 0 Å². The molecular formula is C12H17N3O3. The van der Waals surface area contributed by atoms with Gasteiger partial charge in [0.2, 0.25) is 5.75 Å². The van der Waals surface area contributed by atoms with Crippen molar-refractivity contribution in [1.29, 1.82) is 0 Å². The second-order valence-electron chi connectivity index (χ2n) is 4.38. The van der Waals surface area contributed by atoms with Crippen molar-refractivity contribution in [2.45, 2.75) is 0 Å². The Kier molecular flexibility index (Phi) is 3.66. The van der Waals surface area contributed by atoms with E-state index in [1.807, 2.05) is 6.07 Å². The molecule has 1 aromatic rings. The third kappa shape index (κ3) is 2.38. The standard InChI is InChI=1S/C12H17N3O3/c1-13-6-8-14(9-7-13)10-4-3-5-11(15(16)17)12(10)18-2/h3-5H,6-9H2,1-2H3. The Morgan fingerprint density at radius 2 is 1.94 bits per heavy atom. The average Bonchev–Trinajstić information content (AvgIpc) is 2.38.